The van der Waals surface area contributed by atoms with Gasteiger partial charge in [-0.05, 0) is 49.0 Å². The second-order valence-corrected chi connectivity index (χ2v) is 5.68. The van der Waals surface area contributed by atoms with Gasteiger partial charge in [-0.15, -0.1) is 0 Å². The summed E-state index contributed by atoms with van der Waals surface area (Å²) in [5.74, 6) is 0. The van der Waals surface area contributed by atoms with E-state index in [-0.39, 0.29) is 0 Å². The Balaban J connectivity index is 1.54. The number of rotatable bonds is 4. The van der Waals surface area contributed by atoms with Crippen molar-refractivity contribution in [2.75, 3.05) is 39.3 Å². The lowest BCUT2D eigenvalue weighted by Gasteiger charge is -2.27. The van der Waals surface area contributed by atoms with Crippen LogP contribution in [-0.2, 0) is 19.4 Å². The minimum absolute atomic E-state index is 1.06. The van der Waals surface area contributed by atoms with Crippen LogP contribution >= 0.6 is 0 Å². The van der Waals surface area contributed by atoms with Crippen molar-refractivity contribution in [2.24, 2.45) is 0 Å². The Kier molecular flexibility index (Phi) is 4.49. The third-order valence-corrected chi connectivity index (χ3v) is 4.37. The molecule has 3 rings (SSSR count). The van der Waals surface area contributed by atoms with Gasteiger partial charge < -0.3 is 15.5 Å². The van der Waals surface area contributed by atoms with Gasteiger partial charge in [-0.1, -0.05) is 18.2 Å². The monoisotopic (exact) mass is 259 g/mol. The van der Waals surface area contributed by atoms with Gasteiger partial charge in [0.25, 0.3) is 0 Å². The molecule has 0 unspecified atom stereocenters. The van der Waals surface area contributed by atoms with E-state index in [0.717, 1.165) is 26.2 Å². The molecule has 0 atom stereocenters. The fraction of sp³-hybridized carbons (Fsp3) is 0.625. The minimum atomic E-state index is 1.06. The van der Waals surface area contributed by atoms with E-state index in [0.29, 0.717) is 0 Å². The molecule has 0 amide bonds. The summed E-state index contributed by atoms with van der Waals surface area (Å²) in [5.41, 5.74) is 4.74. The number of hydrogen-bond acceptors (Lipinski definition) is 3. The summed E-state index contributed by atoms with van der Waals surface area (Å²) in [4.78, 5) is 2.59. The maximum Gasteiger partial charge on any atom is 0.0208 e. The first-order chi connectivity index (χ1) is 9.43. The minimum Gasteiger partial charge on any atom is -0.314 e. The smallest absolute Gasteiger partial charge is 0.0208 e. The molecule has 104 valence electrons. The third kappa shape index (κ3) is 3.35. The summed E-state index contributed by atoms with van der Waals surface area (Å²) >= 11 is 0. The van der Waals surface area contributed by atoms with Crippen molar-refractivity contribution in [1.82, 2.24) is 15.5 Å². The Hall–Kier alpha value is -0.900. The third-order valence-electron chi connectivity index (χ3n) is 4.37. The van der Waals surface area contributed by atoms with Crippen LogP contribution in [0.1, 0.15) is 23.1 Å². The Morgan fingerprint density at radius 3 is 2.84 bits per heavy atom. The maximum atomic E-state index is 3.46. The van der Waals surface area contributed by atoms with Gasteiger partial charge in [0.2, 0.25) is 0 Å². The van der Waals surface area contributed by atoms with E-state index in [4.69, 9.17) is 0 Å². The van der Waals surface area contributed by atoms with Gasteiger partial charge in [-0.2, -0.15) is 0 Å². The number of aryl methyl sites for hydroxylation is 1. The Labute approximate surface area is 116 Å². The first-order valence-electron chi connectivity index (χ1n) is 7.67. The number of nitrogens with one attached hydrogen (secondary N) is 2. The molecule has 0 aromatic heterocycles. The van der Waals surface area contributed by atoms with Gasteiger partial charge in [0.15, 0.2) is 0 Å². The van der Waals surface area contributed by atoms with Crippen molar-refractivity contribution in [3.05, 3.63) is 34.9 Å². The number of hydrogen-bond donors (Lipinski definition) is 2. The van der Waals surface area contributed by atoms with Crippen LogP contribution in [0, 0.1) is 0 Å². The second kappa shape index (κ2) is 6.51. The van der Waals surface area contributed by atoms with Gasteiger partial charge in [0, 0.05) is 32.7 Å². The standard InChI is InChI=1S/C16H25N3/c1-3-14(16-6-7-18-13-15(16)4-1)5-2-10-19-11-8-17-9-12-19/h1,3-4,17-18H,2,5-13H2. The van der Waals surface area contributed by atoms with Crippen LogP contribution in [0.25, 0.3) is 0 Å². The molecule has 1 aromatic rings. The summed E-state index contributed by atoms with van der Waals surface area (Å²) in [6.07, 6.45) is 3.75. The Morgan fingerprint density at radius 2 is 1.95 bits per heavy atom. The molecule has 2 aliphatic rings. The molecule has 19 heavy (non-hydrogen) atoms. The lowest BCUT2D eigenvalue weighted by molar-refractivity contribution is 0.238. The van der Waals surface area contributed by atoms with E-state index in [2.05, 4.69) is 33.7 Å². The Morgan fingerprint density at radius 1 is 1.05 bits per heavy atom. The summed E-state index contributed by atoms with van der Waals surface area (Å²) < 4.78 is 0. The van der Waals surface area contributed by atoms with E-state index < -0.39 is 0 Å². The van der Waals surface area contributed by atoms with Gasteiger partial charge in [0.05, 0.1) is 0 Å². The average molecular weight is 259 g/mol. The highest BCUT2D eigenvalue weighted by Crippen LogP contribution is 2.20. The molecular formula is C16H25N3. The first kappa shape index (κ1) is 13.1. The highest BCUT2D eigenvalue weighted by atomic mass is 15.2. The fourth-order valence-electron chi connectivity index (χ4n) is 3.27. The number of nitrogens with zero attached hydrogens (tertiary/aromatic N) is 1. The predicted octanol–water partition coefficient (Wildman–Crippen LogP) is 1.17. The topological polar surface area (TPSA) is 27.3 Å². The molecule has 2 aliphatic heterocycles. The zero-order valence-corrected chi connectivity index (χ0v) is 11.8. The normalized spacial score (nSPS) is 20.2. The molecule has 0 saturated carbocycles. The van der Waals surface area contributed by atoms with E-state index in [1.807, 2.05) is 0 Å². The molecule has 0 radical (unpaired) electrons. The van der Waals surface area contributed by atoms with Crippen molar-refractivity contribution in [1.29, 1.82) is 0 Å². The van der Waals surface area contributed by atoms with Crippen molar-refractivity contribution in [3.8, 4) is 0 Å². The second-order valence-electron chi connectivity index (χ2n) is 5.68. The van der Waals surface area contributed by atoms with Gasteiger partial charge in [0.1, 0.15) is 0 Å². The van der Waals surface area contributed by atoms with Crippen LogP contribution in [0.5, 0.6) is 0 Å². The quantitative estimate of drug-likeness (QED) is 0.850. The molecule has 1 aromatic carbocycles. The summed E-state index contributed by atoms with van der Waals surface area (Å²) in [5, 5.41) is 6.88. The van der Waals surface area contributed by atoms with Gasteiger partial charge in [-0.3, -0.25) is 0 Å². The van der Waals surface area contributed by atoms with Crippen LogP contribution in [-0.4, -0.2) is 44.2 Å². The summed E-state index contributed by atoms with van der Waals surface area (Å²) in [7, 11) is 0. The lowest BCUT2D eigenvalue weighted by atomic mass is 9.93. The van der Waals surface area contributed by atoms with Crippen molar-refractivity contribution in [2.45, 2.75) is 25.8 Å². The SMILES string of the molecule is c1cc(CCCN2CCNCC2)c2c(c1)CNCC2. The molecule has 2 heterocycles. The summed E-state index contributed by atoms with van der Waals surface area (Å²) in [6.45, 7) is 8.21. The molecule has 0 aliphatic carbocycles. The van der Waals surface area contributed by atoms with Crippen LogP contribution in [0.4, 0.5) is 0 Å². The predicted molar refractivity (Wildman–Crippen MR) is 79.5 cm³/mol. The Bertz CT molecular complexity index is 410. The van der Waals surface area contributed by atoms with Gasteiger partial charge >= 0.3 is 0 Å². The van der Waals surface area contributed by atoms with E-state index in [1.165, 1.54) is 44.5 Å². The molecule has 1 saturated heterocycles. The zero-order chi connectivity index (χ0) is 12.9. The molecular weight excluding hydrogens is 234 g/mol. The van der Waals surface area contributed by atoms with Crippen molar-refractivity contribution >= 4 is 0 Å². The first-order valence-corrected chi connectivity index (χ1v) is 7.67. The number of fused-ring (bicyclic) bond motifs is 1. The maximum absolute atomic E-state index is 3.46. The molecule has 1 fully saturated rings. The van der Waals surface area contributed by atoms with Crippen molar-refractivity contribution < 1.29 is 0 Å². The molecule has 3 heteroatoms. The molecule has 0 bridgehead atoms. The molecule has 3 nitrogen and oxygen atoms in total. The lowest BCUT2D eigenvalue weighted by Crippen LogP contribution is -2.43. The molecule has 0 spiro atoms. The highest BCUT2D eigenvalue weighted by Gasteiger charge is 2.13. The number of piperazine rings is 1. The van der Waals surface area contributed by atoms with Crippen LogP contribution < -0.4 is 10.6 Å². The van der Waals surface area contributed by atoms with E-state index in [9.17, 15) is 0 Å². The fourth-order valence-corrected chi connectivity index (χ4v) is 3.27. The average Bonchev–Trinajstić information content (AvgIpc) is 2.49. The largest absolute Gasteiger partial charge is 0.314 e. The van der Waals surface area contributed by atoms with Crippen LogP contribution in [0.3, 0.4) is 0 Å². The highest BCUT2D eigenvalue weighted by molar-refractivity contribution is 5.37. The number of benzene rings is 1. The van der Waals surface area contributed by atoms with Crippen LogP contribution in [0.2, 0.25) is 0 Å². The van der Waals surface area contributed by atoms with Crippen LogP contribution in [0.15, 0.2) is 18.2 Å². The molecule has 2 N–H and O–H groups in total. The van der Waals surface area contributed by atoms with E-state index in [1.54, 1.807) is 11.1 Å². The summed E-state index contributed by atoms with van der Waals surface area (Å²) in [6, 6.07) is 6.84. The van der Waals surface area contributed by atoms with E-state index >= 15 is 0 Å². The zero-order valence-electron chi connectivity index (χ0n) is 11.8. The van der Waals surface area contributed by atoms with Crippen molar-refractivity contribution in [3.63, 3.8) is 0 Å². The van der Waals surface area contributed by atoms with Gasteiger partial charge in [-0.25, -0.2) is 0 Å².